The summed E-state index contributed by atoms with van der Waals surface area (Å²) in [6.07, 6.45) is 2.70. The van der Waals surface area contributed by atoms with E-state index in [2.05, 4.69) is 26.2 Å². The minimum Gasteiger partial charge on any atom is -0.476 e. The summed E-state index contributed by atoms with van der Waals surface area (Å²) in [6.45, 7) is 1.02. The predicted molar refractivity (Wildman–Crippen MR) is 54.3 cm³/mol. The molecule has 1 atom stereocenters. The molecule has 0 radical (unpaired) electrons. The highest BCUT2D eigenvalue weighted by Crippen LogP contribution is 2.25. The zero-order valence-electron chi connectivity index (χ0n) is 7.33. The summed E-state index contributed by atoms with van der Waals surface area (Å²) in [7, 11) is 0. The molecule has 14 heavy (non-hydrogen) atoms. The molecule has 0 unspecified atom stereocenters. The van der Waals surface area contributed by atoms with Crippen molar-refractivity contribution in [2.45, 2.75) is 12.5 Å². The van der Waals surface area contributed by atoms with Crippen LogP contribution in [0.3, 0.4) is 0 Å². The molecule has 1 aliphatic heterocycles. The second-order valence-corrected chi connectivity index (χ2v) is 4.05. The van der Waals surface area contributed by atoms with Crippen LogP contribution < -0.4 is 5.32 Å². The maximum absolute atomic E-state index is 10.7. The van der Waals surface area contributed by atoms with Gasteiger partial charge in [0.25, 0.3) is 0 Å². The van der Waals surface area contributed by atoms with Gasteiger partial charge in [0.1, 0.15) is 0 Å². The Balaban J connectivity index is 2.30. The number of rotatable bonds is 2. The number of nitrogens with one attached hydrogen (secondary N) is 1. The number of halogens is 1. The molecule has 2 N–H and O–H groups in total. The zero-order chi connectivity index (χ0) is 10.1. The Morgan fingerprint density at radius 1 is 1.71 bits per heavy atom. The molecule has 74 valence electrons. The third kappa shape index (κ3) is 1.65. The number of carboxylic acids is 1. The van der Waals surface area contributed by atoms with E-state index in [0.29, 0.717) is 10.5 Å². The molecule has 1 aromatic rings. The van der Waals surface area contributed by atoms with Gasteiger partial charge in [-0.2, -0.15) is 0 Å². The molecule has 0 amide bonds. The summed E-state index contributed by atoms with van der Waals surface area (Å²) in [5.41, 5.74) is 1.10. The predicted octanol–water partition coefficient (Wildman–Crippen LogP) is 1.58. The van der Waals surface area contributed by atoms with Crippen LogP contribution in [0.4, 0.5) is 0 Å². The lowest BCUT2D eigenvalue weighted by Crippen LogP contribution is -2.35. The van der Waals surface area contributed by atoms with E-state index in [9.17, 15) is 4.79 Å². The van der Waals surface area contributed by atoms with Gasteiger partial charge >= 0.3 is 5.97 Å². The molecular formula is C9H9BrN2O2. The van der Waals surface area contributed by atoms with Gasteiger partial charge in [-0.3, -0.25) is 0 Å². The molecule has 1 aliphatic rings. The highest BCUT2D eigenvalue weighted by atomic mass is 79.9. The maximum Gasteiger partial charge on any atom is 0.355 e. The van der Waals surface area contributed by atoms with Crippen LogP contribution in [-0.2, 0) is 0 Å². The molecule has 0 saturated carbocycles. The van der Waals surface area contributed by atoms with Crippen molar-refractivity contribution in [3.63, 3.8) is 0 Å². The van der Waals surface area contributed by atoms with Gasteiger partial charge in [0, 0.05) is 12.2 Å². The first-order valence-corrected chi connectivity index (χ1v) is 5.10. The lowest BCUT2D eigenvalue weighted by Gasteiger charge is -2.27. The summed E-state index contributed by atoms with van der Waals surface area (Å²) >= 11 is 3.20. The molecule has 0 aliphatic carbocycles. The van der Waals surface area contributed by atoms with Gasteiger partial charge < -0.3 is 10.4 Å². The summed E-state index contributed by atoms with van der Waals surface area (Å²) in [4.78, 5) is 14.6. The van der Waals surface area contributed by atoms with Crippen molar-refractivity contribution >= 4 is 21.9 Å². The second kappa shape index (κ2) is 3.67. The van der Waals surface area contributed by atoms with Gasteiger partial charge in [-0.05, 0) is 40.5 Å². The van der Waals surface area contributed by atoms with Crippen molar-refractivity contribution in [1.29, 1.82) is 0 Å². The molecule has 0 bridgehead atoms. The number of nitrogens with zero attached hydrogens (tertiary/aromatic N) is 1. The molecule has 0 aromatic carbocycles. The number of carbonyl (C=O) groups is 1. The van der Waals surface area contributed by atoms with Crippen LogP contribution in [0, 0.1) is 0 Å². The largest absolute Gasteiger partial charge is 0.476 e. The Kier molecular flexibility index (Phi) is 2.52. The van der Waals surface area contributed by atoms with Gasteiger partial charge in [-0.25, -0.2) is 9.78 Å². The first-order valence-electron chi connectivity index (χ1n) is 4.30. The summed E-state index contributed by atoms with van der Waals surface area (Å²) in [5, 5.41) is 12.0. The Hall–Kier alpha value is -0.940. The first kappa shape index (κ1) is 9.61. The van der Waals surface area contributed by atoms with Crippen LogP contribution in [0.2, 0.25) is 0 Å². The number of aromatic nitrogens is 1. The summed E-state index contributed by atoms with van der Waals surface area (Å²) in [6, 6.07) is 2.15. The highest BCUT2D eigenvalue weighted by molar-refractivity contribution is 9.10. The van der Waals surface area contributed by atoms with Crippen LogP contribution in [0.25, 0.3) is 0 Å². The van der Waals surface area contributed by atoms with E-state index in [1.165, 1.54) is 0 Å². The maximum atomic E-state index is 10.7. The minimum atomic E-state index is -1.01. The Labute approximate surface area is 89.5 Å². The quantitative estimate of drug-likeness (QED) is 0.844. The molecule has 4 nitrogen and oxygen atoms in total. The first-order chi connectivity index (χ1) is 6.68. The average molecular weight is 257 g/mol. The number of hydrogen-bond acceptors (Lipinski definition) is 3. The van der Waals surface area contributed by atoms with Crippen molar-refractivity contribution in [3.8, 4) is 0 Å². The topological polar surface area (TPSA) is 62.2 Å². The van der Waals surface area contributed by atoms with E-state index >= 15 is 0 Å². The lowest BCUT2D eigenvalue weighted by atomic mass is 10.00. The van der Waals surface area contributed by atoms with E-state index in [-0.39, 0.29) is 5.69 Å². The fourth-order valence-electron chi connectivity index (χ4n) is 1.37. The second-order valence-electron chi connectivity index (χ2n) is 3.20. The van der Waals surface area contributed by atoms with Gasteiger partial charge in [-0.1, -0.05) is 0 Å². The van der Waals surface area contributed by atoms with Crippen molar-refractivity contribution in [1.82, 2.24) is 10.3 Å². The monoisotopic (exact) mass is 256 g/mol. The van der Waals surface area contributed by atoms with Crippen LogP contribution in [0.15, 0.2) is 16.7 Å². The Morgan fingerprint density at radius 2 is 2.43 bits per heavy atom. The Morgan fingerprint density at radius 3 is 2.86 bits per heavy atom. The van der Waals surface area contributed by atoms with E-state index in [0.717, 1.165) is 18.5 Å². The van der Waals surface area contributed by atoms with Gasteiger partial charge in [0.2, 0.25) is 0 Å². The number of hydrogen-bond donors (Lipinski definition) is 2. The normalized spacial score (nSPS) is 20.2. The van der Waals surface area contributed by atoms with Gasteiger partial charge in [0.15, 0.2) is 5.69 Å². The van der Waals surface area contributed by atoms with Gasteiger partial charge in [0.05, 0.1) is 4.47 Å². The third-order valence-electron chi connectivity index (χ3n) is 2.29. The molecule has 2 rings (SSSR count). The SMILES string of the molecule is O=C(O)c1ncc([C@H]2CCN2)cc1Br. The average Bonchev–Trinajstić information content (AvgIpc) is 2.00. The fourth-order valence-corrected chi connectivity index (χ4v) is 1.91. The number of aromatic carboxylic acids is 1. The van der Waals surface area contributed by atoms with Crippen LogP contribution >= 0.6 is 15.9 Å². The van der Waals surface area contributed by atoms with E-state index in [1.807, 2.05) is 6.07 Å². The number of carboxylic acid groups (broad SMARTS) is 1. The fraction of sp³-hybridized carbons (Fsp3) is 0.333. The molecule has 2 heterocycles. The summed E-state index contributed by atoms with van der Waals surface area (Å²) < 4.78 is 0.538. The zero-order valence-corrected chi connectivity index (χ0v) is 8.91. The molecule has 1 saturated heterocycles. The van der Waals surface area contributed by atoms with Crippen molar-refractivity contribution in [3.05, 3.63) is 28.0 Å². The van der Waals surface area contributed by atoms with Crippen LogP contribution in [-0.4, -0.2) is 22.6 Å². The molecule has 1 fully saturated rings. The third-order valence-corrected chi connectivity index (χ3v) is 2.90. The number of pyridine rings is 1. The highest BCUT2D eigenvalue weighted by Gasteiger charge is 2.20. The molecule has 0 spiro atoms. The van der Waals surface area contributed by atoms with E-state index < -0.39 is 5.97 Å². The van der Waals surface area contributed by atoms with E-state index in [4.69, 9.17) is 5.11 Å². The van der Waals surface area contributed by atoms with E-state index in [1.54, 1.807) is 6.20 Å². The molecular weight excluding hydrogens is 248 g/mol. The Bertz CT molecular complexity index is 377. The smallest absolute Gasteiger partial charge is 0.355 e. The van der Waals surface area contributed by atoms with Crippen molar-refractivity contribution in [2.75, 3.05) is 6.54 Å². The van der Waals surface area contributed by atoms with Crippen molar-refractivity contribution < 1.29 is 9.90 Å². The van der Waals surface area contributed by atoms with Crippen LogP contribution in [0.1, 0.15) is 28.5 Å². The standard InChI is InChI=1S/C9H9BrN2O2/c10-6-3-5(7-1-2-11-7)4-12-8(6)9(13)14/h3-4,7,11H,1-2H2,(H,13,14)/t7-/m1/s1. The molecule has 5 heteroatoms. The van der Waals surface area contributed by atoms with Crippen molar-refractivity contribution in [2.24, 2.45) is 0 Å². The minimum absolute atomic E-state index is 0.0630. The van der Waals surface area contributed by atoms with Crippen LogP contribution in [0.5, 0.6) is 0 Å². The van der Waals surface area contributed by atoms with Gasteiger partial charge in [-0.15, -0.1) is 0 Å². The molecule has 1 aromatic heterocycles. The summed E-state index contributed by atoms with van der Waals surface area (Å²) in [5.74, 6) is -1.01. The lowest BCUT2D eigenvalue weighted by molar-refractivity contribution is 0.0689.